The lowest BCUT2D eigenvalue weighted by Crippen LogP contribution is -2.41. The molecule has 0 aromatic heterocycles. The average Bonchev–Trinajstić information content (AvgIpc) is 2.30. The molecule has 1 amide bonds. The van der Waals surface area contributed by atoms with E-state index in [1.807, 2.05) is 5.92 Å². The maximum Gasteiger partial charge on any atom is 0.328 e. The fourth-order valence-electron chi connectivity index (χ4n) is 1.25. The summed E-state index contributed by atoms with van der Waals surface area (Å²) in [5.41, 5.74) is -0.597. The molecule has 0 aromatic rings. The fraction of sp³-hybridized carbons (Fsp3) is 0.615. The first-order chi connectivity index (χ1) is 8.69. The molecule has 0 aliphatic heterocycles. The summed E-state index contributed by atoms with van der Waals surface area (Å²) in [6.07, 6.45) is 4.93. The molecule has 0 heterocycles. The Bertz CT molecular complexity index is 389. The van der Waals surface area contributed by atoms with E-state index in [1.165, 1.54) is 7.11 Å². The Morgan fingerprint density at radius 1 is 1.32 bits per heavy atom. The van der Waals surface area contributed by atoms with Crippen LogP contribution in [0.3, 0.4) is 0 Å². The van der Waals surface area contributed by atoms with Gasteiger partial charge in [-0.25, -0.2) is 4.79 Å². The van der Waals surface area contributed by atoms with E-state index in [1.54, 1.807) is 20.8 Å². The molecule has 1 N–H and O–H groups in total. The molecule has 0 fully saturated rings. The number of carbonyl (C=O) groups is 3. The molecule has 0 unspecified atom stereocenters. The van der Waals surface area contributed by atoms with Crippen molar-refractivity contribution in [2.24, 2.45) is 0 Å². The molecule has 6 heteroatoms. The molecule has 0 aliphatic rings. The van der Waals surface area contributed by atoms with Crippen molar-refractivity contribution in [2.75, 3.05) is 7.11 Å². The van der Waals surface area contributed by atoms with Crippen LogP contribution in [0.15, 0.2) is 0 Å². The molecule has 0 aliphatic carbocycles. The number of hydrogen-bond acceptors (Lipinski definition) is 5. The molecular weight excluding hydrogens is 250 g/mol. The SMILES string of the molecule is C#CC(=O)N[C@@H](CCC(=O)OC(C)(C)C)C(=O)OC. The number of hydrogen-bond donors (Lipinski definition) is 1. The summed E-state index contributed by atoms with van der Waals surface area (Å²) in [5, 5.41) is 2.28. The Morgan fingerprint density at radius 2 is 1.89 bits per heavy atom. The number of nitrogens with one attached hydrogen (secondary N) is 1. The second kappa shape index (κ2) is 7.41. The highest BCUT2D eigenvalue weighted by Gasteiger charge is 2.23. The van der Waals surface area contributed by atoms with Crippen molar-refractivity contribution in [3.63, 3.8) is 0 Å². The normalized spacial score (nSPS) is 11.9. The van der Waals surface area contributed by atoms with Crippen molar-refractivity contribution >= 4 is 17.8 Å². The van der Waals surface area contributed by atoms with E-state index < -0.39 is 29.5 Å². The van der Waals surface area contributed by atoms with Gasteiger partial charge in [-0.2, -0.15) is 0 Å². The molecule has 0 rings (SSSR count). The quantitative estimate of drug-likeness (QED) is 0.577. The van der Waals surface area contributed by atoms with Gasteiger partial charge in [-0.05, 0) is 33.1 Å². The summed E-state index contributed by atoms with van der Waals surface area (Å²) in [4.78, 5) is 34.0. The minimum absolute atomic E-state index is 0.0259. The van der Waals surface area contributed by atoms with Crippen LogP contribution in [0.5, 0.6) is 0 Å². The van der Waals surface area contributed by atoms with Crippen LogP contribution in [0.4, 0.5) is 0 Å². The summed E-state index contributed by atoms with van der Waals surface area (Å²) in [6, 6.07) is -0.957. The summed E-state index contributed by atoms with van der Waals surface area (Å²) in [7, 11) is 1.19. The van der Waals surface area contributed by atoms with E-state index in [9.17, 15) is 14.4 Å². The van der Waals surface area contributed by atoms with Gasteiger partial charge in [0, 0.05) is 6.42 Å². The molecule has 1 atom stereocenters. The van der Waals surface area contributed by atoms with Crippen LogP contribution in [0.25, 0.3) is 0 Å². The molecule has 106 valence electrons. The zero-order chi connectivity index (χ0) is 15.1. The first kappa shape index (κ1) is 17.0. The van der Waals surface area contributed by atoms with Crippen molar-refractivity contribution in [2.45, 2.75) is 45.3 Å². The number of esters is 2. The van der Waals surface area contributed by atoms with E-state index in [0.29, 0.717) is 0 Å². The highest BCUT2D eigenvalue weighted by atomic mass is 16.6. The maximum absolute atomic E-state index is 11.5. The average molecular weight is 269 g/mol. The van der Waals surface area contributed by atoms with Crippen LogP contribution in [0.2, 0.25) is 0 Å². The molecule has 6 nitrogen and oxygen atoms in total. The topological polar surface area (TPSA) is 81.7 Å². The van der Waals surface area contributed by atoms with Crippen LogP contribution in [0.1, 0.15) is 33.6 Å². The second-order valence-corrected chi connectivity index (χ2v) is 4.82. The van der Waals surface area contributed by atoms with Crippen LogP contribution < -0.4 is 5.32 Å². The number of methoxy groups -OCH3 is 1. The van der Waals surface area contributed by atoms with Gasteiger partial charge in [-0.15, -0.1) is 6.42 Å². The van der Waals surface area contributed by atoms with E-state index in [0.717, 1.165) is 0 Å². The minimum atomic E-state index is -0.957. The van der Waals surface area contributed by atoms with Crippen LogP contribution in [-0.2, 0) is 23.9 Å². The second-order valence-electron chi connectivity index (χ2n) is 4.82. The third kappa shape index (κ3) is 7.82. The van der Waals surface area contributed by atoms with E-state index in [-0.39, 0.29) is 12.8 Å². The van der Waals surface area contributed by atoms with Crippen molar-refractivity contribution in [3.8, 4) is 12.3 Å². The number of carbonyl (C=O) groups excluding carboxylic acids is 3. The van der Waals surface area contributed by atoms with Crippen molar-refractivity contribution < 1.29 is 23.9 Å². The van der Waals surface area contributed by atoms with E-state index in [4.69, 9.17) is 11.2 Å². The van der Waals surface area contributed by atoms with Gasteiger partial charge in [-0.1, -0.05) is 0 Å². The van der Waals surface area contributed by atoms with Gasteiger partial charge in [-0.3, -0.25) is 9.59 Å². The lowest BCUT2D eigenvalue weighted by molar-refractivity contribution is -0.155. The Morgan fingerprint density at radius 3 is 2.32 bits per heavy atom. The van der Waals surface area contributed by atoms with Gasteiger partial charge in [0.05, 0.1) is 7.11 Å². The lowest BCUT2D eigenvalue weighted by atomic mass is 10.1. The standard InChI is InChI=1S/C13H19NO5/c1-6-10(15)14-9(12(17)18-5)7-8-11(16)19-13(2,3)4/h1,9H,7-8H2,2-5H3,(H,14,15)/t9-/m0/s1. The summed E-state index contributed by atoms with van der Waals surface area (Å²) in [5.74, 6) is -0.0319. The fourth-order valence-corrected chi connectivity index (χ4v) is 1.25. The van der Waals surface area contributed by atoms with Gasteiger partial charge in [0.1, 0.15) is 11.6 Å². The number of ether oxygens (including phenoxy) is 2. The summed E-state index contributed by atoms with van der Waals surface area (Å²) in [6.45, 7) is 5.22. The minimum Gasteiger partial charge on any atom is -0.467 e. The van der Waals surface area contributed by atoms with Gasteiger partial charge < -0.3 is 14.8 Å². The molecule has 0 saturated heterocycles. The largest absolute Gasteiger partial charge is 0.467 e. The first-order valence-corrected chi connectivity index (χ1v) is 5.76. The maximum atomic E-state index is 11.5. The predicted molar refractivity (Wildman–Crippen MR) is 67.9 cm³/mol. The van der Waals surface area contributed by atoms with Gasteiger partial charge in [0.2, 0.25) is 0 Å². The highest BCUT2D eigenvalue weighted by Crippen LogP contribution is 2.10. The molecule has 0 radical (unpaired) electrons. The Kier molecular flexibility index (Phi) is 6.62. The Balaban J connectivity index is 4.43. The van der Waals surface area contributed by atoms with Crippen LogP contribution >= 0.6 is 0 Å². The van der Waals surface area contributed by atoms with E-state index in [2.05, 4.69) is 10.1 Å². The molecule has 0 bridgehead atoms. The smallest absolute Gasteiger partial charge is 0.328 e. The van der Waals surface area contributed by atoms with Gasteiger partial charge >= 0.3 is 11.9 Å². The molecular formula is C13H19NO5. The zero-order valence-electron chi connectivity index (χ0n) is 11.6. The van der Waals surface area contributed by atoms with Crippen LogP contribution in [-0.4, -0.2) is 36.6 Å². The molecule has 0 spiro atoms. The lowest BCUT2D eigenvalue weighted by Gasteiger charge is -2.20. The number of amides is 1. The predicted octanol–water partition coefficient (Wildman–Crippen LogP) is 0.399. The summed E-state index contributed by atoms with van der Waals surface area (Å²) >= 11 is 0. The highest BCUT2D eigenvalue weighted by molar-refractivity contribution is 5.95. The number of rotatable bonds is 5. The Labute approximate surface area is 112 Å². The summed E-state index contributed by atoms with van der Waals surface area (Å²) < 4.78 is 9.61. The third-order valence-electron chi connectivity index (χ3n) is 1.98. The molecule has 0 aromatic carbocycles. The monoisotopic (exact) mass is 269 g/mol. The van der Waals surface area contributed by atoms with Crippen molar-refractivity contribution in [1.29, 1.82) is 0 Å². The Hall–Kier alpha value is -2.03. The van der Waals surface area contributed by atoms with Gasteiger partial charge in [0.15, 0.2) is 0 Å². The van der Waals surface area contributed by atoms with Crippen molar-refractivity contribution in [3.05, 3.63) is 0 Å². The molecule has 0 saturated carbocycles. The van der Waals surface area contributed by atoms with Crippen molar-refractivity contribution in [1.82, 2.24) is 5.32 Å². The zero-order valence-corrected chi connectivity index (χ0v) is 11.6. The third-order valence-corrected chi connectivity index (χ3v) is 1.98. The number of terminal acetylenes is 1. The first-order valence-electron chi connectivity index (χ1n) is 5.76. The van der Waals surface area contributed by atoms with Crippen LogP contribution in [0, 0.1) is 12.3 Å². The van der Waals surface area contributed by atoms with Gasteiger partial charge in [0.25, 0.3) is 5.91 Å². The molecule has 19 heavy (non-hydrogen) atoms. The van der Waals surface area contributed by atoms with E-state index >= 15 is 0 Å².